The zero-order chi connectivity index (χ0) is 12.4. The van der Waals surface area contributed by atoms with Gasteiger partial charge in [-0.3, -0.25) is 0 Å². The third-order valence-corrected chi connectivity index (χ3v) is 3.16. The van der Waals surface area contributed by atoms with E-state index >= 15 is 0 Å². The molecule has 0 aliphatic heterocycles. The zero-order valence-corrected chi connectivity index (χ0v) is 11.4. The molecule has 0 saturated carbocycles. The first-order valence-electron chi connectivity index (χ1n) is 5.23. The molecule has 0 radical (unpaired) electrons. The van der Waals surface area contributed by atoms with E-state index < -0.39 is 0 Å². The number of halogens is 1. The number of hydrogen-bond acceptors (Lipinski definition) is 4. The highest BCUT2D eigenvalue weighted by molar-refractivity contribution is 9.10. The molecule has 0 amide bonds. The van der Waals surface area contributed by atoms with E-state index in [4.69, 9.17) is 10.2 Å². The van der Waals surface area contributed by atoms with Gasteiger partial charge in [-0.2, -0.15) is 0 Å². The molecule has 4 nitrogen and oxygen atoms in total. The number of rotatable bonds is 3. The summed E-state index contributed by atoms with van der Waals surface area (Å²) in [5, 5.41) is 0. The van der Waals surface area contributed by atoms with E-state index in [9.17, 15) is 0 Å². The topological polar surface area (TPSA) is 55.3 Å². The Morgan fingerprint density at radius 3 is 2.88 bits per heavy atom. The summed E-state index contributed by atoms with van der Waals surface area (Å²) in [5.41, 5.74) is 7.46. The molecule has 0 bridgehead atoms. The highest BCUT2D eigenvalue weighted by Crippen LogP contribution is 2.26. The number of anilines is 2. The second-order valence-electron chi connectivity index (χ2n) is 3.93. The number of hydrogen-bond donors (Lipinski definition) is 1. The van der Waals surface area contributed by atoms with Gasteiger partial charge in [0.25, 0.3) is 0 Å². The first-order chi connectivity index (χ1) is 8.08. The Hall–Kier alpha value is -1.49. The number of aryl methyl sites for hydroxylation is 1. The number of pyridine rings is 1. The summed E-state index contributed by atoms with van der Waals surface area (Å²) in [7, 11) is 1.98. The molecule has 0 saturated heterocycles. The zero-order valence-electron chi connectivity index (χ0n) is 9.77. The van der Waals surface area contributed by atoms with E-state index in [-0.39, 0.29) is 0 Å². The summed E-state index contributed by atoms with van der Waals surface area (Å²) >= 11 is 3.46. The van der Waals surface area contributed by atoms with Crippen LogP contribution >= 0.6 is 15.9 Å². The Labute approximate surface area is 109 Å². The number of furan rings is 1. The molecule has 2 heterocycles. The van der Waals surface area contributed by atoms with Crippen LogP contribution in [-0.2, 0) is 6.54 Å². The van der Waals surface area contributed by atoms with Crippen LogP contribution in [0.5, 0.6) is 0 Å². The fraction of sp³-hybridized carbons (Fsp3) is 0.250. The summed E-state index contributed by atoms with van der Waals surface area (Å²) in [6, 6.07) is 3.82. The molecular formula is C12H14BrN3O. The highest BCUT2D eigenvalue weighted by Gasteiger charge is 2.10. The Bertz CT molecular complexity index is 524. The normalized spacial score (nSPS) is 10.5. The minimum atomic E-state index is 0.647. The van der Waals surface area contributed by atoms with Crippen LogP contribution in [0.25, 0.3) is 0 Å². The summed E-state index contributed by atoms with van der Waals surface area (Å²) in [6.45, 7) is 2.70. The van der Waals surface area contributed by atoms with Gasteiger partial charge in [0.15, 0.2) is 0 Å². The lowest BCUT2D eigenvalue weighted by molar-refractivity contribution is 0.529. The highest BCUT2D eigenvalue weighted by atomic mass is 79.9. The lowest BCUT2D eigenvalue weighted by Crippen LogP contribution is -2.18. The van der Waals surface area contributed by atoms with Crippen molar-refractivity contribution in [2.45, 2.75) is 13.5 Å². The quantitative estimate of drug-likeness (QED) is 0.946. The lowest BCUT2D eigenvalue weighted by atomic mass is 10.2. The molecule has 90 valence electrons. The molecule has 2 rings (SSSR count). The van der Waals surface area contributed by atoms with Crippen LogP contribution in [0.4, 0.5) is 11.5 Å². The van der Waals surface area contributed by atoms with Crippen molar-refractivity contribution in [1.29, 1.82) is 0 Å². The van der Waals surface area contributed by atoms with Gasteiger partial charge in [0.2, 0.25) is 0 Å². The smallest absolute Gasteiger partial charge is 0.143 e. The van der Waals surface area contributed by atoms with E-state index in [1.54, 1.807) is 12.5 Å². The Kier molecular flexibility index (Phi) is 3.38. The van der Waals surface area contributed by atoms with E-state index in [1.165, 1.54) is 0 Å². The molecule has 0 unspecified atom stereocenters. The van der Waals surface area contributed by atoms with Gasteiger partial charge in [0.1, 0.15) is 11.6 Å². The van der Waals surface area contributed by atoms with Crippen LogP contribution in [0.1, 0.15) is 11.3 Å². The molecule has 2 aromatic heterocycles. The standard InChI is InChI=1S/C12H14BrN3O/c1-8-9(3-4-17-8)7-16(2)12-11(13)5-10(14)6-15-12/h3-6H,7,14H2,1-2H3. The number of aromatic nitrogens is 1. The number of nitrogen functional groups attached to an aromatic ring is 1. The molecule has 0 aromatic carbocycles. The van der Waals surface area contributed by atoms with Crippen molar-refractivity contribution in [3.05, 3.63) is 40.4 Å². The van der Waals surface area contributed by atoms with E-state index in [0.29, 0.717) is 5.69 Å². The monoisotopic (exact) mass is 295 g/mol. The van der Waals surface area contributed by atoms with Gasteiger partial charge >= 0.3 is 0 Å². The maximum Gasteiger partial charge on any atom is 0.143 e. The molecule has 0 aliphatic rings. The second-order valence-corrected chi connectivity index (χ2v) is 4.79. The van der Waals surface area contributed by atoms with Crippen LogP contribution < -0.4 is 10.6 Å². The van der Waals surface area contributed by atoms with Crippen LogP contribution in [0.15, 0.2) is 33.5 Å². The molecule has 0 spiro atoms. The molecule has 0 aliphatic carbocycles. The Balaban J connectivity index is 2.20. The fourth-order valence-corrected chi connectivity index (χ4v) is 2.30. The van der Waals surface area contributed by atoms with Crippen molar-refractivity contribution in [2.75, 3.05) is 17.7 Å². The molecule has 5 heteroatoms. The van der Waals surface area contributed by atoms with Crippen molar-refractivity contribution in [3.63, 3.8) is 0 Å². The summed E-state index contributed by atoms with van der Waals surface area (Å²) in [6.07, 6.45) is 3.35. The van der Waals surface area contributed by atoms with E-state index in [1.807, 2.05) is 31.0 Å². The fourth-order valence-electron chi connectivity index (χ4n) is 1.63. The van der Waals surface area contributed by atoms with Gasteiger partial charge in [-0.05, 0) is 35.0 Å². The average molecular weight is 296 g/mol. The molecular weight excluding hydrogens is 282 g/mol. The summed E-state index contributed by atoms with van der Waals surface area (Å²) in [4.78, 5) is 6.35. The largest absolute Gasteiger partial charge is 0.469 e. The van der Waals surface area contributed by atoms with Crippen LogP contribution in [0, 0.1) is 6.92 Å². The lowest BCUT2D eigenvalue weighted by Gasteiger charge is -2.19. The van der Waals surface area contributed by atoms with Crippen LogP contribution in [-0.4, -0.2) is 12.0 Å². The van der Waals surface area contributed by atoms with Crippen LogP contribution in [0.3, 0.4) is 0 Å². The molecule has 0 fully saturated rings. The van der Waals surface area contributed by atoms with Gasteiger partial charge in [-0.15, -0.1) is 0 Å². The van der Waals surface area contributed by atoms with Gasteiger partial charge in [0, 0.05) is 19.2 Å². The number of nitrogens with two attached hydrogens (primary N) is 1. The molecule has 17 heavy (non-hydrogen) atoms. The Morgan fingerprint density at radius 2 is 2.29 bits per heavy atom. The predicted molar refractivity (Wildman–Crippen MR) is 71.9 cm³/mol. The SMILES string of the molecule is Cc1occc1CN(C)c1ncc(N)cc1Br. The van der Waals surface area contributed by atoms with Crippen LogP contribution in [0.2, 0.25) is 0 Å². The van der Waals surface area contributed by atoms with Gasteiger partial charge < -0.3 is 15.1 Å². The molecule has 2 N–H and O–H groups in total. The van der Waals surface area contributed by atoms with Crippen molar-refractivity contribution < 1.29 is 4.42 Å². The van der Waals surface area contributed by atoms with Crippen molar-refractivity contribution in [1.82, 2.24) is 4.98 Å². The minimum Gasteiger partial charge on any atom is -0.469 e. The van der Waals surface area contributed by atoms with Gasteiger partial charge in [-0.1, -0.05) is 0 Å². The Morgan fingerprint density at radius 1 is 1.53 bits per heavy atom. The summed E-state index contributed by atoms with van der Waals surface area (Å²) < 4.78 is 6.16. The minimum absolute atomic E-state index is 0.647. The van der Waals surface area contributed by atoms with Crippen molar-refractivity contribution in [3.8, 4) is 0 Å². The molecule has 2 aromatic rings. The second kappa shape index (κ2) is 4.79. The predicted octanol–water partition coefficient (Wildman–Crippen LogP) is 2.96. The first-order valence-corrected chi connectivity index (χ1v) is 6.02. The van der Waals surface area contributed by atoms with E-state index in [2.05, 4.69) is 20.9 Å². The number of nitrogens with zero attached hydrogens (tertiary/aromatic N) is 2. The summed E-state index contributed by atoms with van der Waals surface area (Å²) in [5.74, 6) is 1.79. The maximum atomic E-state index is 5.66. The van der Waals surface area contributed by atoms with Gasteiger partial charge in [0.05, 0.1) is 22.6 Å². The van der Waals surface area contributed by atoms with Crippen molar-refractivity contribution in [2.24, 2.45) is 0 Å². The van der Waals surface area contributed by atoms with E-state index in [0.717, 1.165) is 28.2 Å². The average Bonchev–Trinajstić information content (AvgIpc) is 2.64. The maximum absolute atomic E-state index is 5.66. The van der Waals surface area contributed by atoms with Gasteiger partial charge in [-0.25, -0.2) is 4.98 Å². The third kappa shape index (κ3) is 2.61. The first kappa shape index (κ1) is 12.0. The van der Waals surface area contributed by atoms with Crippen molar-refractivity contribution >= 4 is 27.4 Å². The molecule has 0 atom stereocenters. The third-order valence-electron chi connectivity index (χ3n) is 2.58.